The molecular weight excluding hydrogens is 542 g/mol. The average molecular weight is 588 g/mol. The molecule has 0 spiro atoms. The molecular formula is C31H46ClN5O4. The Morgan fingerprint density at radius 1 is 1.00 bits per heavy atom. The summed E-state index contributed by atoms with van der Waals surface area (Å²) in [7, 11) is 0. The summed E-state index contributed by atoms with van der Waals surface area (Å²) in [6.07, 6.45) is 3.20. The number of nitrogens with two attached hydrogens (primary N) is 1. The van der Waals surface area contributed by atoms with Crippen molar-refractivity contribution in [2.75, 3.05) is 19.6 Å². The van der Waals surface area contributed by atoms with E-state index in [1.807, 2.05) is 63.2 Å². The van der Waals surface area contributed by atoms with Gasteiger partial charge in [-0.05, 0) is 49.4 Å². The van der Waals surface area contributed by atoms with Gasteiger partial charge in [-0.3, -0.25) is 19.2 Å². The van der Waals surface area contributed by atoms with E-state index in [-0.39, 0.29) is 55.5 Å². The van der Waals surface area contributed by atoms with Gasteiger partial charge in [0, 0.05) is 31.5 Å². The summed E-state index contributed by atoms with van der Waals surface area (Å²) in [4.78, 5) is 53.9. The van der Waals surface area contributed by atoms with E-state index < -0.39 is 23.0 Å². The molecule has 1 saturated heterocycles. The first-order valence-corrected chi connectivity index (χ1v) is 14.3. The molecule has 1 fully saturated rings. The van der Waals surface area contributed by atoms with Crippen LogP contribution in [0.2, 0.25) is 0 Å². The van der Waals surface area contributed by atoms with E-state index in [1.54, 1.807) is 18.7 Å². The van der Waals surface area contributed by atoms with Gasteiger partial charge in [0.05, 0.1) is 5.54 Å². The Hall–Kier alpha value is -3.17. The van der Waals surface area contributed by atoms with Crippen LogP contribution in [0.5, 0.6) is 0 Å². The van der Waals surface area contributed by atoms with Gasteiger partial charge in [-0.2, -0.15) is 0 Å². The van der Waals surface area contributed by atoms with E-state index in [4.69, 9.17) is 5.73 Å². The number of halogens is 1. The van der Waals surface area contributed by atoms with Crippen molar-refractivity contribution in [3.63, 3.8) is 0 Å². The summed E-state index contributed by atoms with van der Waals surface area (Å²) >= 11 is 0. The molecule has 0 unspecified atom stereocenters. The number of hydrogen-bond donors (Lipinski definition) is 4. The molecule has 2 atom stereocenters. The molecule has 1 heterocycles. The van der Waals surface area contributed by atoms with E-state index in [1.165, 1.54) is 0 Å². The number of hydrogen-bond acceptors (Lipinski definition) is 5. The molecule has 9 nitrogen and oxygen atoms in total. The normalized spacial score (nSPS) is 16.0. The number of nitrogens with zero attached hydrogens (tertiary/aromatic N) is 1. The smallest absolute Gasteiger partial charge is 0.243 e. The third-order valence-electron chi connectivity index (χ3n) is 7.45. The van der Waals surface area contributed by atoms with Gasteiger partial charge >= 0.3 is 0 Å². The van der Waals surface area contributed by atoms with Crippen LogP contribution in [-0.2, 0) is 25.6 Å². The number of benzene rings is 2. The number of likely N-dealkylation sites (tertiary alicyclic amines) is 1. The van der Waals surface area contributed by atoms with Crippen LogP contribution in [0, 0.1) is 5.41 Å². The Balaban J connectivity index is 0.00000588. The van der Waals surface area contributed by atoms with Gasteiger partial charge in [0.1, 0.15) is 12.1 Å². The molecule has 3 rings (SSSR count). The Morgan fingerprint density at radius 3 is 2.32 bits per heavy atom. The fraction of sp³-hybridized carbons (Fsp3) is 0.548. The van der Waals surface area contributed by atoms with Gasteiger partial charge in [0.25, 0.3) is 0 Å². The first-order chi connectivity index (χ1) is 18.8. The second-order valence-corrected chi connectivity index (χ2v) is 12.0. The molecule has 1 aliphatic rings. The second-order valence-electron chi connectivity index (χ2n) is 12.0. The first-order valence-electron chi connectivity index (χ1n) is 14.3. The minimum atomic E-state index is -1.02. The summed E-state index contributed by atoms with van der Waals surface area (Å²) in [5, 5.41) is 10.6. The van der Waals surface area contributed by atoms with Gasteiger partial charge < -0.3 is 26.6 Å². The van der Waals surface area contributed by atoms with E-state index in [2.05, 4.69) is 16.0 Å². The molecule has 1 aliphatic heterocycles. The lowest BCUT2D eigenvalue weighted by molar-refractivity contribution is -0.146. The van der Waals surface area contributed by atoms with E-state index >= 15 is 0 Å². The summed E-state index contributed by atoms with van der Waals surface area (Å²) < 4.78 is 0. The zero-order chi connectivity index (χ0) is 29.5. The highest BCUT2D eigenvalue weighted by atomic mass is 35.5. The van der Waals surface area contributed by atoms with Crippen molar-refractivity contribution in [2.45, 2.75) is 84.3 Å². The molecule has 2 aromatic carbocycles. The van der Waals surface area contributed by atoms with Crippen LogP contribution >= 0.6 is 12.4 Å². The van der Waals surface area contributed by atoms with Gasteiger partial charge in [0.2, 0.25) is 23.6 Å². The van der Waals surface area contributed by atoms with Gasteiger partial charge in [-0.15, -0.1) is 12.4 Å². The zero-order valence-corrected chi connectivity index (χ0v) is 25.7. The van der Waals surface area contributed by atoms with Crippen LogP contribution in [0.15, 0.2) is 42.5 Å². The minimum absolute atomic E-state index is 0. The van der Waals surface area contributed by atoms with Crippen molar-refractivity contribution in [3.8, 4) is 0 Å². The zero-order valence-electron chi connectivity index (χ0n) is 24.9. The van der Waals surface area contributed by atoms with Gasteiger partial charge in [-0.25, -0.2) is 0 Å². The SMILES string of the molecule is CCCC(C)(C)C(=O)N1CCC[C@H]1C(=O)N[C@H](Cc1ccc2ccccc2c1)C(=O)NCCNC(=O)C(C)(C)N.Cl. The second kappa shape index (κ2) is 14.6. The van der Waals surface area contributed by atoms with E-state index in [0.29, 0.717) is 13.0 Å². The van der Waals surface area contributed by atoms with Crippen molar-refractivity contribution in [2.24, 2.45) is 11.1 Å². The fourth-order valence-electron chi connectivity index (χ4n) is 5.19. The maximum atomic E-state index is 13.5. The third kappa shape index (κ3) is 9.16. The predicted octanol–water partition coefficient (Wildman–Crippen LogP) is 3.08. The predicted molar refractivity (Wildman–Crippen MR) is 165 cm³/mol. The number of carbonyl (C=O) groups is 4. The maximum absolute atomic E-state index is 13.5. The molecule has 0 bridgehead atoms. The van der Waals surface area contributed by atoms with E-state index in [9.17, 15) is 19.2 Å². The third-order valence-corrected chi connectivity index (χ3v) is 7.45. The maximum Gasteiger partial charge on any atom is 0.243 e. The van der Waals surface area contributed by atoms with Crippen LogP contribution < -0.4 is 21.7 Å². The monoisotopic (exact) mass is 587 g/mol. The van der Waals surface area contributed by atoms with Crippen LogP contribution in [0.4, 0.5) is 0 Å². The Labute approximate surface area is 249 Å². The Bertz CT molecular complexity index is 1230. The molecule has 5 N–H and O–H groups in total. The average Bonchev–Trinajstić information content (AvgIpc) is 3.39. The molecule has 2 aromatic rings. The Morgan fingerprint density at radius 2 is 1.66 bits per heavy atom. The largest absolute Gasteiger partial charge is 0.353 e. The first kappa shape index (κ1) is 34.0. The molecule has 0 aliphatic carbocycles. The molecule has 0 aromatic heterocycles. The quantitative estimate of drug-likeness (QED) is 0.283. The van der Waals surface area contributed by atoms with Crippen LogP contribution in [0.1, 0.15) is 65.9 Å². The number of fused-ring (bicyclic) bond motifs is 1. The fourth-order valence-corrected chi connectivity index (χ4v) is 5.19. The molecule has 0 saturated carbocycles. The molecule has 226 valence electrons. The van der Waals surface area contributed by atoms with Crippen molar-refractivity contribution in [1.82, 2.24) is 20.9 Å². The van der Waals surface area contributed by atoms with Crippen LogP contribution in [-0.4, -0.2) is 65.8 Å². The minimum Gasteiger partial charge on any atom is -0.353 e. The van der Waals surface area contributed by atoms with Crippen molar-refractivity contribution >= 4 is 46.8 Å². The standard InChI is InChI=1S/C31H45N5O4.ClH/c1-6-15-30(2,3)29(40)36-18-9-12-25(36)27(38)35-24(26(37)33-16-17-34-28(39)31(4,5)32)20-21-13-14-22-10-7-8-11-23(22)19-21;/h7-8,10-11,13-14,19,24-25H,6,9,12,15-18,20,32H2,1-5H3,(H,33,37)(H,34,39)(H,35,38);1H/t24-,25+;/m1./s1. The summed E-state index contributed by atoms with van der Waals surface area (Å²) in [6, 6.07) is 12.5. The molecule has 0 radical (unpaired) electrons. The Kier molecular flexibility index (Phi) is 12.2. The number of carbonyl (C=O) groups excluding carboxylic acids is 4. The summed E-state index contributed by atoms with van der Waals surface area (Å²) in [6.45, 7) is 10.0. The van der Waals surface area contributed by atoms with E-state index in [0.717, 1.165) is 35.6 Å². The summed E-state index contributed by atoms with van der Waals surface area (Å²) in [5.41, 5.74) is 5.14. The lowest BCUT2D eigenvalue weighted by Gasteiger charge is -2.33. The summed E-state index contributed by atoms with van der Waals surface area (Å²) in [5.74, 6) is -1.02. The van der Waals surface area contributed by atoms with Gasteiger partial charge in [0.15, 0.2) is 0 Å². The van der Waals surface area contributed by atoms with Crippen LogP contribution in [0.25, 0.3) is 10.8 Å². The van der Waals surface area contributed by atoms with Crippen molar-refractivity contribution in [1.29, 1.82) is 0 Å². The van der Waals surface area contributed by atoms with Gasteiger partial charge in [-0.1, -0.05) is 69.7 Å². The number of nitrogens with one attached hydrogen (secondary N) is 3. The topological polar surface area (TPSA) is 134 Å². The molecule has 10 heteroatoms. The lowest BCUT2D eigenvalue weighted by Crippen LogP contribution is -2.56. The highest BCUT2D eigenvalue weighted by Crippen LogP contribution is 2.30. The molecule has 41 heavy (non-hydrogen) atoms. The van der Waals surface area contributed by atoms with Crippen molar-refractivity contribution in [3.05, 3.63) is 48.0 Å². The molecule has 4 amide bonds. The lowest BCUT2D eigenvalue weighted by atomic mass is 9.86. The highest BCUT2D eigenvalue weighted by Gasteiger charge is 2.41. The van der Waals surface area contributed by atoms with Crippen LogP contribution in [0.3, 0.4) is 0 Å². The number of amides is 4. The number of rotatable bonds is 12. The highest BCUT2D eigenvalue weighted by molar-refractivity contribution is 5.94. The van der Waals surface area contributed by atoms with Crippen molar-refractivity contribution < 1.29 is 19.2 Å².